The number of carbonyl (C=O) groups excluding carboxylic acids is 3. The lowest BCUT2D eigenvalue weighted by Crippen LogP contribution is -2.63. The van der Waals surface area contributed by atoms with Crippen molar-refractivity contribution in [2.24, 2.45) is 0 Å². The first-order chi connectivity index (χ1) is 14.1. The molecule has 154 valence electrons. The van der Waals surface area contributed by atoms with E-state index in [9.17, 15) is 14.4 Å². The van der Waals surface area contributed by atoms with Gasteiger partial charge in [-0.25, -0.2) is 4.79 Å². The molecule has 0 spiro atoms. The van der Waals surface area contributed by atoms with Gasteiger partial charge >= 0.3 is 6.03 Å². The Morgan fingerprint density at radius 3 is 2.55 bits per heavy atom. The van der Waals surface area contributed by atoms with Gasteiger partial charge in [0.05, 0.1) is 0 Å². The third-order valence-electron chi connectivity index (χ3n) is 6.87. The van der Waals surface area contributed by atoms with E-state index in [2.05, 4.69) is 10.6 Å². The SMILES string of the molecule is O=C(NC1CCCCC1)C1CNCC2C(=O)N(C3CC3c3ccccc3)C(=O)N12. The van der Waals surface area contributed by atoms with E-state index in [1.165, 1.54) is 16.2 Å². The number of benzene rings is 1. The monoisotopic (exact) mass is 396 g/mol. The van der Waals surface area contributed by atoms with Gasteiger partial charge in [0.15, 0.2) is 0 Å². The van der Waals surface area contributed by atoms with Crippen LogP contribution in [-0.2, 0) is 9.59 Å². The second-order valence-electron chi connectivity index (χ2n) is 8.75. The lowest BCUT2D eigenvalue weighted by atomic mass is 9.95. The van der Waals surface area contributed by atoms with Crippen LogP contribution in [0.5, 0.6) is 0 Å². The molecule has 0 aromatic heterocycles. The summed E-state index contributed by atoms with van der Waals surface area (Å²) in [5, 5.41) is 6.32. The molecule has 4 atom stereocenters. The van der Waals surface area contributed by atoms with Gasteiger partial charge in [0.25, 0.3) is 5.91 Å². The van der Waals surface area contributed by atoms with Crippen molar-refractivity contribution in [2.45, 2.75) is 68.6 Å². The van der Waals surface area contributed by atoms with Crippen LogP contribution >= 0.6 is 0 Å². The molecule has 2 saturated heterocycles. The van der Waals surface area contributed by atoms with Crippen LogP contribution in [0.2, 0.25) is 0 Å². The van der Waals surface area contributed by atoms with Crippen molar-refractivity contribution < 1.29 is 14.4 Å². The van der Waals surface area contributed by atoms with Gasteiger partial charge < -0.3 is 10.6 Å². The molecule has 4 aliphatic rings. The van der Waals surface area contributed by atoms with E-state index in [1.54, 1.807) is 0 Å². The Bertz CT molecular complexity index is 808. The Labute approximate surface area is 170 Å². The molecule has 4 amide bonds. The molecule has 2 saturated carbocycles. The van der Waals surface area contributed by atoms with Crippen LogP contribution in [0.1, 0.15) is 50.0 Å². The molecular formula is C22H28N4O3. The molecule has 4 unspecified atom stereocenters. The number of hydrogen-bond acceptors (Lipinski definition) is 4. The van der Waals surface area contributed by atoms with Crippen LogP contribution in [0, 0.1) is 0 Å². The zero-order chi connectivity index (χ0) is 20.0. The molecule has 2 aliphatic carbocycles. The third-order valence-corrected chi connectivity index (χ3v) is 6.87. The average molecular weight is 396 g/mol. The molecule has 0 radical (unpaired) electrons. The first kappa shape index (κ1) is 18.6. The summed E-state index contributed by atoms with van der Waals surface area (Å²) < 4.78 is 0. The topological polar surface area (TPSA) is 81.8 Å². The van der Waals surface area contributed by atoms with E-state index < -0.39 is 12.1 Å². The summed E-state index contributed by atoms with van der Waals surface area (Å²) in [5.74, 6) is -0.0958. The van der Waals surface area contributed by atoms with E-state index in [0.717, 1.165) is 37.7 Å². The van der Waals surface area contributed by atoms with Crippen LogP contribution in [0.15, 0.2) is 30.3 Å². The number of urea groups is 1. The molecule has 2 heterocycles. The molecule has 0 bridgehead atoms. The smallest absolute Gasteiger partial charge is 0.328 e. The van der Waals surface area contributed by atoms with Gasteiger partial charge in [0.1, 0.15) is 12.1 Å². The average Bonchev–Trinajstić information content (AvgIpc) is 3.50. The van der Waals surface area contributed by atoms with Crippen molar-refractivity contribution in [1.82, 2.24) is 20.4 Å². The number of piperazine rings is 1. The number of nitrogens with one attached hydrogen (secondary N) is 2. The maximum atomic E-state index is 13.2. The van der Waals surface area contributed by atoms with Gasteiger partial charge in [-0.2, -0.15) is 0 Å². The summed E-state index contributed by atoms with van der Waals surface area (Å²) in [7, 11) is 0. The summed E-state index contributed by atoms with van der Waals surface area (Å²) in [6.07, 6.45) is 6.28. The first-order valence-corrected chi connectivity index (χ1v) is 10.9. The van der Waals surface area contributed by atoms with E-state index >= 15 is 0 Å². The molecule has 7 nitrogen and oxygen atoms in total. The summed E-state index contributed by atoms with van der Waals surface area (Å²) in [5.41, 5.74) is 1.16. The summed E-state index contributed by atoms with van der Waals surface area (Å²) in [4.78, 5) is 42.2. The van der Waals surface area contributed by atoms with Crippen molar-refractivity contribution in [3.63, 3.8) is 0 Å². The normalized spacial score (nSPS) is 32.3. The number of nitrogens with zero attached hydrogens (tertiary/aromatic N) is 2. The highest BCUT2D eigenvalue weighted by Crippen LogP contribution is 2.47. The van der Waals surface area contributed by atoms with Crippen molar-refractivity contribution in [3.8, 4) is 0 Å². The van der Waals surface area contributed by atoms with Crippen molar-refractivity contribution in [1.29, 1.82) is 0 Å². The summed E-state index contributed by atoms with van der Waals surface area (Å²) in [6.45, 7) is 0.811. The van der Waals surface area contributed by atoms with Gasteiger partial charge in [-0.05, 0) is 24.8 Å². The number of fused-ring (bicyclic) bond motifs is 1. The fraction of sp³-hybridized carbons (Fsp3) is 0.591. The number of hydrogen-bond donors (Lipinski definition) is 2. The quantitative estimate of drug-likeness (QED) is 0.758. The Morgan fingerprint density at radius 1 is 1.03 bits per heavy atom. The van der Waals surface area contributed by atoms with E-state index in [4.69, 9.17) is 0 Å². The maximum Gasteiger partial charge on any atom is 0.328 e. The third kappa shape index (κ3) is 3.31. The van der Waals surface area contributed by atoms with Gasteiger partial charge in [0, 0.05) is 31.1 Å². The van der Waals surface area contributed by atoms with Crippen LogP contribution in [0.4, 0.5) is 4.79 Å². The number of carbonyl (C=O) groups is 3. The van der Waals surface area contributed by atoms with Crippen LogP contribution in [0.3, 0.4) is 0 Å². The molecule has 4 fully saturated rings. The lowest BCUT2D eigenvalue weighted by molar-refractivity contribution is -0.131. The zero-order valence-electron chi connectivity index (χ0n) is 16.5. The van der Waals surface area contributed by atoms with Gasteiger partial charge in [-0.3, -0.25) is 19.4 Å². The number of imide groups is 1. The van der Waals surface area contributed by atoms with E-state index in [1.807, 2.05) is 30.3 Å². The van der Waals surface area contributed by atoms with Crippen LogP contribution in [-0.4, -0.2) is 64.9 Å². The maximum absolute atomic E-state index is 13.2. The number of amides is 4. The van der Waals surface area contributed by atoms with Gasteiger partial charge in [-0.15, -0.1) is 0 Å². The Kier molecular flexibility index (Phi) is 4.78. The predicted molar refractivity (Wildman–Crippen MR) is 107 cm³/mol. The van der Waals surface area contributed by atoms with Crippen LogP contribution in [0.25, 0.3) is 0 Å². The van der Waals surface area contributed by atoms with Crippen molar-refractivity contribution in [2.75, 3.05) is 13.1 Å². The first-order valence-electron chi connectivity index (χ1n) is 10.9. The highest BCUT2D eigenvalue weighted by Gasteiger charge is 2.58. The van der Waals surface area contributed by atoms with Crippen molar-refractivity contribution >= 4 is 17.8 Å². The highest BCUT2D eigenvalue weighted by atomic mass is 16.2. The predicted octanol–water partition coefficient (Wildman–Crippen LogP) is 1.60. The highest BCUT2D eigenvalue weighted by molar-refractivity contribution is 6.07. The molecule has 1 aromatic rings. The van der Waals surface area contributed by atoms with Gasteiger partial charge in [-0.1, -0.05) is 49.6 Å². The molecule has 1 aromatic carbocycles. The lowest BCUT2D eigenvalue weighted by Gasteiger charge is -2.36. The molecular weight excluding hydrogens is 368 g/mol. The molecule has 29 heavy (non-hydrogen) atoms. The number of rotatable bonds is 4. The zero-order valence-corrected chi connectivity index (χ0v) is 16.5. The fourth-order valence-electron chi connectivity index (χ4n) is 5.22. The van der Waals surface area contributed by atoms with Crippen molar-refractivity contribution in [3.05, 3.63) is 35.9 Å². The summed E-state index contributed by atoms with van der Waals surface area (Å²) in [6, 6.07) is 8.63. The molecule has 7 heteroatoms. The minimum absolute atomic E-state index is 0.0925. The molecule has 2 aliphatic heterocycles. The van der Waals surface area contributed by atoms with E-state index in [0.29, 0.717) is 13.1 Å². The second kappa shape index (κ2) is 7.44. The van der Waals surface area contributed by atoms with Gasteiger partial charge in [0.2, 0.25) is 5.91 Å². The van der Waals surface area contributed by atoms with E-state index in [-0.39, 0.29) is 35.8 Å². The summed E-state index contributed by atoms with van der Waals surface area (Å²) >= 11 is 0. The largest absolute Gasteiger partial charge is 0.352 e. The fourth-order valence-corrected chi connectivity index (χ4v) is 5.22. The molecule has 2 N–H and O–H groups in total. The van der Waals surface area contributed by atoms with Crippen LogP contribution < -0.4 is 10.6 Å². The Balaban J connectivity index is 1.31. The minimum atomic E-state index is -0.619. The standard InChI is InChI=1S/C22H28N4O3/c27-20(24-15-9-5-2-6-10-15)18-12-23-13-19-21(28)26(22(29)25(18)19)17-11-16(17)14-7-3-1-4-8-14/h1,3-4,7-8,15-19,23H,2,5-6,9-13H2,(H,24,27). The Morgan fingerprint density at radius 2 is 1.79 bits per heavy atom. The molecule has 5 rings (SSSR count). The Hall–Kier alpha value is -2.41. The minimum Gasteiger partial charge on any atom is -0.352 e. The second-order valence-corrected chi connectivity index (χ2v) is 8.75.